The number of aldehydes is 1. The third-order valence-electron chi connectivity index (χ3n) is 5.74. The topological polar surface area (TPSA) is 38.3 Å². The predicted molar refractivity (Wildman–Crippen MR) is 115 cm³/mol. The summed E-state index contributed by atoms with van der Waals surface area (Å²) in [6.45, 7) is 3.59. The molecule has 5 rings (SSSR count). The molecule has 140 valence electrons. The molecule has 0 bridgehead atoms. The van der Waals surface area contributed by atoms with Crippen molar-refractivity contribution in [1.29, 1.82) is 0 Å². The van der Waals surface area contributed by atoms with Crippen LogP contribution in [-0.2, 0) is 11.2 Å². The molecule has 0 radical (unpaired) electrons. The Kier molecular flexibility index (Phi) is 4.13. The van der Waals surface area contributed by atoms with Crippen molar-refractivity contribution < 1.29 is 9.53 Å². The van der Waals surface area contributed by atoms with Crippen LogP contribution in [0.15, 0.2) is 42.5 Å². The van der Waals surface area contributed by atoms with Gasteiger partial charge in [-0.1, -0.05) is 29.8 Å². The number of rotatable bonds is 3. The smallest absolute Gasteiger partial charge is 0.128 e. The lowest BCUT2D eigenvalue weighted by Crippen LogP contribution is -2.16. The van der Waals surface area contributed by atoms with E-state index in [0.29, 0.717) is 11.4 Å². The van der Waals surface area contributed by atoms with Gasteiger partial charge in [-0.25, -0.2) is 0 Å². The van der Waals surface area contributed by atoms with Crippen LogP contribution in [0.2, 0.25) is 5.02 Å². The molecule has 0 fully saturated rings. The summed E-state index contributed by atoms with van der Waals surface area (Å²) in [5, 5.41) is 6.45. The largest absolute Gasteiger partial charge is 0.493 e. The SMILES string of the molecule is Cc1cc2ccc(Cl)cc2c(-c2ccc3c4c2NCC=C4CCO3)c1CC=O. The van der Waals surface area contributed by atoms with E-state index < -0.39 is 0 Å². The zero-order valence-corrected chi connectivity index (χ0v) is 16.4. The van der Waals surface area contributed by atoms with E-state index in [9.17, 15) is 4.79 Å². The van der Waals surface area contributed by atoms with Gasteiger partial charge in [0.25, 0.3) is 0 Å². The van der Waals surface area contributed by atoms with Crippen LogP contribution in [0.25, 0.3) is 27.5 Å². The monoisotopic (exact) mass is 389 g/mol. The second-order valence-electron chi connectivity index (χ2n) is 7.35. The molecule has 3 nitrogen and oxygen atoms in total. The normalized spacial score (nSPS) is 14.7. The van der Waals surface area contributed by atoms with Gasteiger partial charge in [0.1, 0.15) is 12.0 Å². The summed E-state index contributed by atoms with van der Waals surface area (Å²) in [6, 6.07) is 12.3. The summed E-state index contributed by atoms with van der Waals surface area (Å²) >= 11 is 6.36. The van der Waals surface area contributed by atoms with Gasteiger partial charge in [0.05, 0.1) is 12.3 Å². The Labute approximate surface area is 169 Å². The van der Waals surface area contributed by atoms with Gasteiger partial charge in [-0.2, -0.15) is 0 Å². The number of hydrogen-bond donors (Lipinski definition) is 1. The minimum atomic E-state index is 0.374. The van der Waals surface area contributed by atoms with E-state index in [2.05, 4.69) is 36.5 Å². The Morgan fingerprint density at radius 1 is 1.18 bits per heavy atom. The summed E-state index contributed by atoms with van der Waals surface area (Å²) in [7, 11) is 0. The molecule has 3 aromatic carbocycles. The molecule has 2 aliphatic rings. The maximum atomic E-state index is 11.5. The molecule has 0 aromatic heterocycles. The highest BCUT2D eigenvalue weighted by atomic mass is 35.5. The average Bonchev–Trinajstić information content (AvgIpc) is 2.70. The molecule has 4 heteroatoms. The zero-order valence-electron chi connectivity index (χ0n) is 15.6. The summed E-state index contributed by atoms with van der Waals surface area (Å²) in [6.07, 6.45) is 4.52. The molecule has 3 aromatic rings. The van der Waals surface area contributed by atoms with E-state index in [1.165, 1.54) is 5.57 Å². The molecule has 0 saturated carbocycles. The second-order valence-corrected chi connectivity index (χ2v) is 7.79. The molecule has 1 N–H and O–H groups in total. The van der Waals surface area contributed by atoms with E-state index in [0.717, 1.165) is 75.9 Å². The van der Waals surface area contributed by atoms with Crippen molar-refractivity contribution in [3.8, 4) is 16.9 Å². The van der Waals surface area contributed by atoms with Crippen molar-refractivity contribution in [2.45, 2.75) is 19.8 Å². The van der Waals surface area contributed by atoms with E-state index in [4.69, 9.17) is 16.3 Å². The number of halogens is 1. The van der Waals surface area contributed by atoms with E-state index >= 15 is 0 Å². The molecule has 0 unspecified atom stereocenters. The first kappa shape index (κ1) is 17.3. The predicted octanol–water partition coefficient (Wildman–Crippen LogP) is 5.80. The van der Waals surface area contributed by atoms with Gasteiger partial charge in [-0.15, -0.1) is 0 Å². The van der Waals surface area contributed by atoms with Crippen LogP contribution in [0.5, 0.6) is 5.75 Å². The number of carbonyl (C=O) groups is 1. The molecule has 2 heterocycles. The minimum absolute atomic E-state index is 0.374. The molecule has 0 amide bonds. The number of carbonyl (C=O) groups excluding carboxylic acids is 1. The van der Waals surface area contributed by atoms with Crippen LogP contribution >= 0.6 is 11.6 Å². The van der Waals surface area contributed by atoms with Crippen LogP contribution in [0.3, 0.4) is 0 Å². The van der Waals surface area contributed by atoms with Crippen molar-refractivity contribution in [2.75, 3.05) is 18.5 Å². The van der Waals surface area contributed by atoms with E-state index in [1.54, 1.807) is 0 Å². The van der Waals surface area contributed by atoms with Gasteiger partial charge in [-0.3, -0.25) is 0 Å². The fraction of sp³-hybridized carbons (Fsp3) is 0.208. The fourth-order valence-electron chi connectivity index (χ4n) is 4.50. The Balaban J connectivity index is 1.89. The lowest BCUT2D eigenvalue weighted by Gasteiger charge is -2.29. The van der Waals surface area contributed by atoms with Gasteiger partial charge in [0.2, 0.25) is 0 Å². The number of hydrogen-bond acceptors (Lipinski definition) is 3. The first-order valence-corrected chi connectivity index (χ1v) is 9.94. The molecular formula is C24H20ClNO2. The van der Waals surface area contributed by atoms with Gasteiger partial charge in [0, 0.05) is 35.5 Å². The molecule has 0 atom stereocenters. The number of ether oxygens (including phenoxy) is 1. The van der Waals surface area contributed by atoms with Crippen LogP contribution in [0.1, 0.15) is 23.1 Å². The standard InChI is InChI=1S/C24H20ClNO2/c1-14-12-16-2-3-17(25)13-20(16)23(18(14)7-10-27)19-4-5-21-22-15(8-11-28-21)6-9-26-24(19)22/h2-6,10,12-13,26H,7-9,11H2,1H3. The lowest BCUT2D eigenvalue weighted by atomic mass is 9.84. The van der Waals surface area contributed by atoms with E-state index in [-0.39, 0.29) is 0 Å². The third kappa shape index (κ3) is 2.61. The van der Waals surface area contributed by atoms with Crippen LogP contribution in [0.4, 0.5) is 5.69 Å². The Morgan fingerprint density at radius 2 is 2.07 bits per heavy atom. The molecule has 28 heavy (non-hydrogen) atoms. The molecule has 0 aliphatic carbocycles. The van der Waals surface area contributed by atoms with Crippen molar-refractivity contribution >= 4 is 39.9 Å². The highest BCUT2D eigenvalue weighted by molar-refractivity contribution is 6.31. The van der Waals surface area contributed by atoms with Crippen LogP contribution in [0, 0.1) is 6.92 Å². The van der Waals surface area contributed by atoms with Crippen molar-refractivity contribution in [2.24, 2.45) is 0 Å². The van der Waals surface area contributed by atoms with Crippen molar-refractivity contribution in [1.82, 2.24) is 0 Å². The van der Waals surface area contributed by atoms with Gasteiger partial charge in [0.15, 0.2) is 0 Å². The Morgan fingerprint density at radius 3 is 2.93 bits per heavy atom. The molecule has 0 saturated heterocycles. The van der Waals surface area contributed by atoms with Gasteiger partial charge >= 0.3 is 0 Å². The first-order valence-electron chi connectivity index (χ1n) is 9.56. The zero-order chi connectivity index (χ0) is 19.3. The average molecular weight is 390 g/mol. The van der Waals surface area contributed by atoms with Crippen molar-refractivity contribution in [3.63, 3.8) is 0 Å². The highest BCUT2D eigenvalue weighted by Gasteiger charge is 2.26. The van der Waals surface area contributed by atoms with Crippen molar-refractivity contribution in [3.05, 3.63) is 64.2 Å². The minimum Gasteiger partial charge on any atom is -0.493 e. The summed E-state index contributed by atoms with van der Waals surface area (Å²) in [4.78, 5) is 11.5. The Hall–Kier alpha value is -2.78. The van der Waals surface area contributed by atoms with Gasteiger partial charge < -0.3 is 14.8 Å². The summed E-state index contributed by atoms with van der Waals surface area (Å²) < 4.78 is 5.91. The van der Waals surface area contributed by atoms with Gasteiger partial charge in [-0.05, 0) is 64.2 Å². The second kappa shape index (κ2) is 6.68. The van der Waals surface area contributed by atoms with Crippen LogP contribution < -0.4 is 10.1 Å². The number of aryl methyl sites for hydroxylation is 1. The number of benzene rings is 3. The molecule has 2 aliphatic heterocycles. The summed E-state index contributed by atoms with van der Waals surface area (Å²) in [5.74, 6) is 0.926. The van der Waals surface area contributed by atoms with Crippen LogP contribution in [-0.4, -0.2) is 19.4 Å². The first-order chi connectivity index (χ1) is 13.7. The maximum absolute atomic E-state index is 11.5. The number of nitrogens with one attached hydrogen (secondary N) is 1. The fourth-order valence-corrected chi connectivity index (χ4v) is 4.67. The third-order valence-corrected chi connectivity index (χ3v) is 5.97. The van der Waals surface area contributed by atoms with E-state index in [1.807, 2.05) is 18.2 Å². The Bertz CT molecular complexity index is 1160. The highest BCUT2D eigenvalue weighted by Crippen LogP contribution is 2.48. The maximum Gasteiger partial charge on any atom is 0.128 e. The number of fused-ring (bicyclic) bond motifs is 1. The molecule has 0 spiro atoms. The number of anilines is 1. The quantitative estimate of drug-likeness (QED) is 0.575. The lowest BCUT2D eigenvalue weighted by molar-refractivity contribution is -0.107. The summed E-state index contributed by atoms with van der Waals surface area (Å²) in [5.41, 5.74) is 7.94. The molecular weight excluding hydrogens is 370 g/mol.